The first kappa shape index (κ1) is 13.6. The van der Waals surface area contributed by atoms with Crippen LogP contribution in [0.5, 0.6) is 0 Å². The average molecular weight is 324 g/mol. The van der Waals surface area contributed by atoms with Gasteiger partial charge in [0.1, 0.15) is 10.6 Å². The zero-order valence-electron chi connectivity index (χ0n) is 10.9. The molecule has 0 aliphatic heterocycles. The smallest absolute Gasteiger partial charge is 0.225 e. The number of fused-ring (bicyclic) bond motifs is 1. The predicted octanol–water partition coefficient (Wildman–Crippen LogP) is 5.02. The second kappa shape index (κ2) is 5.20. The predicted molar refractivity (Wildman–Crippen MR) is 87.2 cm³/mol. The van der Waals surface area contributed by atoms with E-state index in [1.807, 2.05) is 31.3 Å². The summed E-state index contributed by atoms with van der Waals surface area (Å²) in [7, 11) is 1.83. The van der Waals surface area contributed by atoms with Crippen LogP contribution in [0.2, 0.25) is 10.3 Å². The Morgan fingerprint density at radius 3 is 2.45 bits per heavy atom. The molecule has 0 aliphatic carbocycles. The molecule has 0 aliphatic rings. The Morgan fingerprint density at radius 2 is 1.80 bits per heavy atom. The van der Waals surface area contributed by atoms with E-state index < -0.39 is 0 Å². The van der Waals surface area contributed by atoms with Gasteiger partial charge in [-0.15, -0.1) is 11.3 Å². The molecule has 1 aromatic carbocycles. The molecule has 102 valence electrons. The van der Waals surface area contributed by atoms with Crippen LogP contribution in [-0.2, 0) is 0 Å². The minimum absolute atomic E-state index is 0.255. The number of nitrogens with zero attached hydrogens (tertiary/aromatic N) is 2. The fourth-order valence-electron chi connectivity index (χ4n) is 2.23. The SMILES string of the molecule is CNc1nc(Cl)nc2sc(C)c(-c3ccc(Cl)cc3)c12. The maximum atomic E-state index is 5.96. The molecule has 3 aromatic rings. The summed E-state index contributed by atoms with van der Waals surface area (Å²) in [6, 6.07) is 7.78. The van der Waals surface area contributed by atoms with Crippen LogP contribution in [0.3, 0.4) is 0 Å². The summed E-state index contributed by atoms with van der Waals surface area (Å²) < 4.78 is 0. The second-order valence-corrected chi connectivity index (χ2v) is 6.29. The summed E-state index contributed by atoms with van der Waals surface area (Å²) in [5.41, 5.74) is 2.23. The molecule has 20 heavy (non-hydrogen) atoms. The van der Waals surface area contributed by atoms with Gasteiger partial charge in [0.25, 0.3) is 0 Å². The van der Waals surface area contributed by atoms with Crippen molar-refractivity contribution in [2.45, 2.75) is 6.92 Å². The maximum Gasteiger partial charge on any atom is 0.225 e. The molecule has 0 radical (unpaired) electrons. The minimum atomic E-state index is 0.255. The number of anilines is 1. The summed E-state index contributed by atoms with van der Waals surface area (Å²) in [6.45, 7) is 2.07. The van der Waals surface area contributed by atoms with Crippen LogP contribution in [-0.4, -0.2) is 17.0 Å². The fourth-order valence-corrected chi connectivity index (χ4v) is 3.62. The van der Waals surface area contributed by atoms with Crippen LogP contribution in [0.15, 0.2) is 24.3 Å². The van der Waals surface area contributed by atoms with Gasteiger partial charge in [-0.2, -0.15) is 0 Å². The number of thiophene rings is 1. The Balaban J connectivity index is 2.35. The molecule has 3 rings (SSSR count). The van der Waals surface area contributed by atoms with Gasteiger partial charge < -0.3 is 5.32 Å². The molecule has 2 aromatic heterocycles. The number of hydrogen-bond donors (Lipinski definition) is 1. The van der Waals surface area contributed by atoms with E-state index in [4.69, 9.17) is 23.2 Å². The second-order valence-electron chi connectivity index (χ2n) is 4.31. The van der Waals surface area contributed by atoms with Crippen molar-refractivity contribution in [1.82, 2.24) is 9.97 Å². The fraction of sp³-hybridized carbons (Fsp3) is 0.143. The van der Waals surface area contributed by atoms with E-state index in [2.05, 4.69) is 22.2 Å². The summed E-state index contributed by atoms with van der Waals surface area (Å²) >= 11 is 13.5. The van der Waals surface area contributed by atoms with Gasteiger partial charge in [0.05, 0.1) is 5.39 Å². The van der Waals surface area contributed by atoms with Gasteiger partial charge in [0.15, 0.2) is 0 Å². The third kappa shape index (κ3) is 2.24. The number of aromatic nitrogens is 2. The third-order valence-electron chi connectivity index (χ3n) is 3.07. The molecular weight excluding hydrogens is 313 g/mol. The molecule has 0 atom stereocenters. The molecule has 0 amide bonds. The van der Waals surface area contributed by atoms with Gasteiger partial charge >= 0.3 is 0 Å². The van der Waals surface area contributed by atoms with Crippen LogP contribution in [0, 0.1) is 6.92 Å². The Kier molecular flexibility index (Phi) is 3.54. The summed E-state index contributed by atoms with van der Waals surface area (Å²) in [6.07, 6.45) is 0. The highest BCUT2D eigenvalue weighted by Gasteiger charge is 2.17. The number of nitrogens with one attached hydrogen (secondary N) is 1. The van der Waals surface area contributed by atoms with Crippen molar-refractivity contribution < 1.29 is 0 Å². The van der Waals surface area contributed by atoms with Crippen molar-refractivity contribution in [1.29, 1.82) is 0 Å². The highest BCUT2D eigenvalue weighted by Crippen LogP contribution is 2.41. The van der Waals surface area contributed by atoms with Gasteiger partial charge in [0.2, 0.25) is 5.28 Å². The van der Waals surface area contributed by atoms with E-state index in [-0.39, 0.29) is 5.28 Å². The number of rotatable bonds is 2. The molecule has 0 saturated heterocycles. The largest absolute Gasteiger partial charge is 0.372 e. The third-order valence-corrected chi connectivity index (χ3v) is 4.49. The Bertz CT molecular complexity index is 781. The number of halogens is 2. The normalized spacial score (nSPS) is 11.0. The first-order valence-electron chi connectivity index (χ1n) is 6.00. The molecular formula is C14H11Cl2N3S. The molecule has 0 spiro atoms. The molecule has 0 saturated carbocycles. The molecule has 6 heteroatoms. The van der Waals surface area contributed by atoms with E-state index in [9.17, 15) is 0 Å². The van der Waals surface area contributed by atoms with Crippen molar-refractivity contribution in [3.63, 3.8) is 0 Å². The van der Waals surface area contributed by atoms with Crippen LogP contribution in [0.25, 0.3) is 21.3 Å². The van der Waals surface area contributed by atoms with Gasteiger partial charge in [-0.1, -0.05) is 23.7 Å². The standard InChI is InChI=1S/C14H11Cl2N3S/c1-7-10(8-3-5-9(15)6-4-8)11-12(17-2)18-14(16)19-13(11)20-7/h3-6H,1-2H3,(H,17,18,19). The van der Waals surface area contributed by atoms with Crippen molar-refractivity contribution >= 4 is 50.6 Å². The van der Waals surface area contributed by atoms with Crippen LogP contribution in [0.1, 0.15) is 4.88 Å². The lowest BCUT2D eigenvalue weighted by atomic mass is 10.0. The van der Waals surface area contributed by atoms with E-state index in [0.29, 0.717) is 0 Å². The molecule has 0 unspecified atom stereocenters. The van der Waals surface area contributed by atoms with E-state index in [0.717, 1.165) is 32.2 Å². The summed E-state index contributed by atoms with van der Waals surface area (Å²) in [4.78, 5) is 10.6. The zero-order valence-corrected chi connectivity index (χ0v) is 13.2. The van der Waals surface area contributed by atoms with E-state index in [1.54, 1.807) is 11.3 Å². The Morgan fingerprint density at radius 1 is 1.10 bits per heavy atom. The number of hydrogen-bond acceptors (Lipinski definition) is 4. The quantitative estimate of drug-likeness (QED) is 0.673. The molecule has 3 nitrogen and oxygen atoms in total. The van der Waals surface area contributed by atoms with Crippen molar-refractivity contribution in [2.75, 3.05) is 12.4 Å². The van der Waals surface area contributed by atoms with Crippen LogP contribution in [0.4, 0.5) is 5.82 Å². The highest BCUT2D eigenvalue weighted by molar-refractivity contribution is 7.19. The average Bonchev–Trinajstić information content (AvgIpc) is 2.74. The van der Waals surface area contributed by atoms with Crippen molar-refractivity contribution in [3.05, 3.63) is 39.4 Å². The first-order valence-corrected chi connectivity index (χ1v) is 7.57. The summed E-state index contributed by atoms with van der Waals surface area (Å²) in [5, 5.41) is 5.07. The zero-order chi connectivity index (χ0) is 14.3. The summed E-state index contributed by atoms with van der Waals surface area (Å²) in [5.74, 6) is 0.745. The first-order chi connectivity index (χ1) is 9.60. The van der Waals surface area contributed by atoms with Gasteiger partial charge in [-0.05, 0) is 36.2 Å². The maximum absolute atomic E-state index is 5.96. The number of benzene rings is 1. The van der Waals surface area contributed by atoms with Gasteiger partial charge in [-0.3, -0.25) is 0 Å². The van der Waals surface area contributed by atoms with Crippen LogP contribution < -0.4 is 5.32 Å². The monoisotopic (exact) mass is 323 g/mol. The van der Waals surface area contributed by atoms with Crippen molar-refractivity contribution in [3.8, 4) is 11.1 Å². The topological polar surface area (TPSA) is 37.8 Å². The highest BCUT2D eigenvalue weighted by atomic mass is 35.5. The lowest BCUT2D eigenvalue weighted by Gasteiger charge is -2.06. The van der Waals surface area contributed by atoms with Crippen LogP contribution >= 0.6 is 34.5 Å². The van der Waals surface area contributed by atoms with Crippen molar-refractivity contribution in [2.24, 2.45) is 0 Å². The Hall–Kier alpha value is -1.36. The molecule has 0 bridgehead atoms. The van der Waals surface area contributed by atoms with E-state index in [1.165, 1.54) is 4.88 Å². The Labute approximate surface area is 130 Å². The lowest BCUT2D eigenvalue weighted by molar-refractivity contribution is 1.22. The molecule has 2 heterocycles. The van der Waals surface area contributed by atoms with E-state index >= 15 is 0 Å². The minimum Gasteiger partial charge on any atom is -0.372 e. The molecule has 1 N–H and O–H groups in total. The lowest BCUT2D eigenvalue weighted by Crippen LogP contribution is -1.95. The van der Waals surface area contributed by atoms with Gasteiger partial charge in [0, 0.05) is 22.5 Å². The van der Waals surface area contributed by atoms with Gasteiger partial charge in [-0.25, -0.2) is 9.97 Å². The number of aryl methyl sites for hydroxylation is 1. The molecule has 0 fully saturated rings.